The van der Waals surface area contributed by atoms with Gasteiger partial charge >= 0.3 is 0 Å². The Kier molecular flexibility index (Phi) is 13.8. The first-order chi connectivity index (χ1) is 9.45. The van der Waals surface area contributed by atoms with Crippen LogP contribution in [0.15, 0.2) is 0 Å². The summed E-state index contributed by atoms with van der Waals surface area (Å²) in [5.74, 6) is 0. The van der Waals surface area contributed by atoms with Gasteiger partial charge in [0.1, 0.15) is 8.77 Å². The van der Waals surface area contributed by atoms with Gasteiger partial charge in [0.2, 0.25) is 0 Å². The summed E-state index contributed by atoms with van der Waals surface area (Å²) in [4.78, 5) is 0. The van der Waals surface area contributed by atoms with Crippen LogP contribution in [-0.4, -0.2) is 68.3 Å². The van der Waals surface area contributed by atoms with Crippen LogP contribution in [0.1, 0.15) is 6.92 Å². The van der Waals surface area contributed by atoms with E-state index in [1.807, 2.05) is 6.92 Å². The zero-order valence-corrected chi connectivity index (χ0v) is 15.1. The largest absolute Gasteiger partial charge is 0.379 e. The Morgan fingerprint density at radius 1 is 1.00 bits per heavy atom. The van der Waals surface area contributed by atoms with E-state index in [0.717, 1.165) is 0 Å². The Bertz CT molecular complexity index is 312. The van der Waals surface area contributed by atoms with Crippen LogP contribution in [-0.2, 0) is 43.1 Å². The van der Waals surface area contributed by atoms with Crippen molar-refractivity contribution >= 4 is 35.9 Å². The Hall–Kier alpha value is 0.650. The molecule has 122 valence electrons. The SMILES string of the molecule is CCOCCOCCOCCOCC(Br)OS(C)(=O)=S. The molecule has 9 heteroatoms. The van der Waals surface area contributed by atoms with Crippen LogP contribution in [0.4, 0.5) is 0 Å². The van der Waals surface area contributed by atoms with Gasteiger partial charge in [-0.2, -0.15) is 0 Å². The average Bonchev–Trinajstić information content (AvgIpc) is 2.34. The minimum atomic E-state index is -2.64. The first-order valence-electron chi connectivity index (χ1n) is 6.29. The quantitative estimate of drug-likeness (QED) is 0.322. The van der Waals surface area contributed by atoms with E-state index < -0.39 is 13.8 Å². The van der Waals surface area contributed by atoms with Gasteiger partial charge in [-0.25, -0.2) is 4.21 Å². The van der Waals surface area contributed by atoms with Gasteiger partial charge in [0.25, 0.3) is 0 Å². The molecule has 20 heavy (non-hydrogen) atoms. The second-order valence-electron chi connectivity index (χ2n) is 3.71. The van der Waals surface area contributed by atoms with Gasteiger partial charge in [0.15, 0.2) is 5.01 Å². The topological polar surface area (TPSA) is 63.2 Å². The normalized spacial score (nSPS) is 15.9. The van der Waals surface area contributed by atoms with Crippen LogP contribution in [0, 0.1) is 0 Å². The summed E-state index contributed by atoms with van der Waals surface area (Å²) in [6, 6.07) is 0. The molecule has 0 spiro atoms. The summed E-state index contributed by atoms with van der Waals surface area (Å²) in [5, 5.41) is -0.473. The van der Waals surface area contributed by atoms with E-state index in [0.29, 0.717) is 46.2 Å². The number of ether oxygens (including phenoxy) is 4. The summed E-state index contributed by atoms with van der Waals surface area (Å²) in [6.07, 6.45) is 1.35. The third kappa shape index (κ3) is 16.7. The van der Waals surface area contributed by atoms with Gasteiger partial charge in [0, 0.05) is 24.1 Å². The van der Waals surface area contributed by atoms with Crippen LogP contribution in [0.2, 0.25) is 0 Å². The van der Waals surface area contributed by atoms with Crippen LogP contribution in [0.25, 0.3) is 0 Å². The predicted octanol–water partition coefficient (Wildman–Crippen LogP) is 1.10. The lowest BCUT2D eigenvalue weighted by Gasteiger charge is -2.11. The third-order valence-electron chi connectivity index (χ3n) is 1.85. The van der Waals surface area contributed by atoms with Crippen molar-refractivity contribution in [1.82, 2.24) is 0 Å². The lowest BCUT2D eigenvalue weighted by atomic mass is 10.7. The molecule has 2 atom stereocenters. The zero-order valence-electron chi connectivity index (χ0n) is 11.9. The van der Waals surface area contributed by atoms with E-state index >= 15 is 0 Å². The zero-order chi connectivity index (χ0) is 15.3. The Morgan fingerprint density at radius 3 is 1.90 bits per heavy atom. The van der Waals surface area contributed by atoms with E-state index in [1.54, 1.807) is 0 Å². The third-order valence-corrected chi connectivity index (χ3v) is 3.36. The molecule has 6 nitrogen and oxygen atoms in total. The second kappa shape index (κ2) is 13.3. The van der Waals surface area contributed by atoms with Gasteiger partial charge in [-0.05, 0) is 6.92 Å². The molecule has 0 aromatic heterocycles. The lowest BCUT2D eigenvalue weighted by molar-refractivity contribution is -0.00438. The highest BCUT2D eigenvalue weighted by Gasteiger charge is 2.09. The first kappa shape index (κ1) is 20.6. The molecular weight excluding hydrogens is 372 g/mol. The molecule has 0 radical (unpaired) electrons. The Labute approximate surface area is 134 Å². The van der Waals surface area contributed by atoms with Gasteiger partial charge in [-0.1, -0.05) is 15.9 Å². The molecule has 0 rings (SSSR count). The molecule has 0 aliphatic rings. The number of alkyl halides is 1. The predicted molar refractivity (Wildman–Crippen MR) is 84.2 cm³/mol. The monoisotopic (exact) mass is 394 g/mol. The van der Waals surface area contributed by atoms with E-state index in [9.17, 15) is 4.21 Å². The van der Waals surface area contributed by atoms with Crippen LogP contribution in [0.3, 0.4) is 0 Å². The summed E-state index contributed by atoms with van der Waals surface area (Å²) in [5.41, 5.74) is 0. The van der Waals surface area contributed by atoms with Crippen molar-refractivity contribution in [3.05, 3.63) is 0 Å². The molecular formula is C11H23BrO6S2. The molecule has 0 aliphatic carbocycles. The number of hydrogen-bond donors (Lipinski definition) is 0. The van der Waals surface area contributed by atoms with E-state index in [-0.39, 0.29) is 6.61 Å². The smallest absolute Gasteiger partial charge is 0.153 e. The molecule has 0 heterocycles. The molecule has 0 amide bonds. The van der Waals surface area contributed by atoms with Crippen LogP contribution >= 0.6 is 15.9 Å². The lowest BCUT2D eigenvalue weighted by Crippen LogP contribution is -2.18. The Morgan fingerprint density at radius 2 is 1.45 bits per heavy atom. The molecule has 0 N–H and O–H groups in total. The van der Waals surface area contributed by atoms with Gasteiger partial charge < -0.3 is 18.9 Å². The number of rotatable bonds is 14. The van der Waals surface area contributed by atoms with E-state index in [1.165, 1.54) is 6.26 Å². The fourth-order valence-corrected chi connectivity index (χ4v) is 3.18. The van der Waals surface area contributed by atoms with Gasteiger partial charge in [0.05, 0.1) is 46.2 Å². The molecule has 0 aromatic carbocycles. The van der Waals surface area contributed by atoms with Crippen LogP contribution in [0.5, 0.6) is 0 Å². The Balaban J connectivity index is 3.20. The minimum absolute atomic E-state index is 0.260. The number of hydrogen-bond acceptors (Lipinski definition) is 7. The van der Waals surface area contributed by atoms with E-state index in [2.05, 4.69) is 27.1 Å². The maximum atomic E-state index is 11.2. The fraction of sp³-hybridized carbons (Fsp3) is 1.00. The summed E-state index contributed by atoms with van der Waals surface area (Å²) in [7, 11) is -2.64. The summed E-state index contributed by atoms with van der Waals surface area (Å²) < 4.78 is 37.1. The van der Waals surface area contributed by atoms with Crippen molar-refractivity contribution in [3.63, 3.8) is 0 Å². The van der Waals surface area contributed by atoms with Crippen LogP contribution < -0.4 is 0 Å². The van der Waals surface area contributed by atoms with Gasteiger partial charge in [-0.3, -0.25) is 4.18 Å². The van der Waals surface area contributed by atoms with Crippen molar-refractivity contribution in [2.45, 2.75) is 11.9 Å². The maximum Gasteiger partial charge on any atom is 0.153 e. The second-order valence-corrected chi connectivity index (χ2v) is 8.15. The molecule has 0 saturated heterocycles. The average molecular weight is 395 g/mol. The highest BCUT2D eigenvalue weighted by molar-refractivity contribution is 9.09. The fourth-order valence-electron chi connectivity index (χ4n) is 1.10. The molecule has 0 aliphatic heterocycles. The highest BCUT2D eigenvalue weighted by atomic mass is 79.9. The maximum absolute atomic E-state index is 11.2. The van der Waals surface area contributed by atoms with Crippen molar-refractivity contribution in [3.8, 4) is 0 Å². The summed E-state index contributed by atoms with van der Waals surface area (Å²) in [6.45, 7) is 6.02. The first-order valence-corrected chi connectivity index (χ1v) is 10.0. The highest BCUT2D eigenvalue weighted by Crippen LogP contribution is 2.06. The minimum Gasteiger partial charge on any atom is -0.379 e. The van der Waals surface area contributed by atoms with Crippen molar-refractivity contribution in [2.75, 3.05) is 59.1 Å². The molecule has 0 bridgehead atoms. The number of halogens is 1. The van der Waals surface area contributed by atoms with Crippen molar-refractivity contribution in [1.29, 1.82) is 0 Å². The van der Waals surface area contributed by atoms with E-state index in [4.69, 9.17) is 23.1 Å². The molecule has 0 aromatic rings. The molecule has 2 unspecified atom stereocenters. The standard InChI is InChI=1S/C11H23BrO6S2/c1-3-14-4-5-15-6-7-16-8-9-17-10-11(12)18-20(2,13)19/h11H,3-10H2,1-2H3. The van der Waals surface area contributed by atoms with Crippen molar-refractivity contribution in [2.24, 2.45) is 0 Å². The summed E-state index contributed by atoms with van der Waals surface area (Å²) >= 11 is 7.79. The molecule has 0 saturated carbocycles. The molecule has 0 fully saturated rings. The van der Waals surface area contributed by atoms with Crippen molar-refractivity contribution < 1.29 is 27.3 Å². The van der Waals surface area contributed by atoms with Gasteiger partial charge in [-0.15, -0.1) is 0 Å².